The average molecular weight is 278 g/mol. The molecule has 0 bridgehead atoms. The van der Waals surface area contributed by atoms with Crippen LogP contribution >= 0.6 is 0 Å². The van der Waals surface area contributed by atoms with E-state index in [0.717, 1.165) is 18.5 Å². The molecule has 4 heteroatoms. The van der Waals surface area contributed by atoms with Gasteiger partial charge in [0.05, 0.1) is 5.60 Å². The fraction of sp³-hybridized carbons (Fsp3) is 0.562. The second-order valence-electron chi connectivity index (χ2n) is 5.22. The van der Waals surface area contributed by atoms with Crippen molar-refractivity contribution in [3.63, 3.8) is 0 Å². The van der Waals surface area contributed by atoms with Crippen molar-refractivity contribution in [1.82, 2.24) is 0 Å². The zero-order valence-electron chi connectivity index (χ0n) is 12.5. The Bertz CT molecular complexity index is 434. The summed E-state index contributed by atoms with van der Waals surface area (Å²) in [5.41, 5.74) is 6.23. The highest BCUT2D eigenvalue weighted by molar-refractivity contribution is 5.97. The maximum Gasteiger partial charge on any atom is 0.164 e. The number of ketones is 1. The summed E-state index contributed by atoms with van der Waals surface area (Å²) in [7, 11) is 0. The Labute approximate surface area is 121 Å². The Morgan fingerprint density at radius 3 is 2.75 bits per heavy atom. The number of nitrogens with two attached hydrogens (primary N) is 1. The number of hydrogen-bond donors (Lipinski definition) is 3. The van der Waals surface area contributed by atoms with E-state index in [1.807, 2.05) is 25.1 Å². The van der Waals surface area contributed by atoms with E-state index in [2.05, 4.69) is 12.2 Å². The van der Waals surface area contributed by atoms with Crippen molar-refractivity contribution in [2.75, 3.05) is 18.4 Å². The summed E-state index contributed by atoms with van der Waals surface area (Å²) in [5, 5.41) is 13.6. The molecule has 4 nitrogen and oxygen atoms in total. The second-order valence-corrected chi connectivity index (χ2v) is 5.22. The SMILES string of the molecule is CCCC(O)(CC)CNc1cccc(C(=O)CCN)c1. The van der Waals surface area contributed by atoms with Gasteiger partial charge in [-0.25, -0.2) is 0 Å². The Morgan fingerprint density at radius 2 is 2.15 bits per heavy atom. The van der Waals surface area contributed by atoms with Crippen LogP contribution in [-0.4, -0.2) is 29.6 Å². The molecule has 1 atom stereocenters. The highest BCUT2D eigenvalue weighted by atomic mass is 16.3. The Balaban J connectivity index is 2.69. The van der Waals surface area contributed by atoms with E-state index in [-0.39, 0.29) is 5.78 Å². The normalized spacial score (nSPS) is 13.8. The molecule has 1 aromatic rings. The summed E-state index contributed by atoms with van der Waals surface area (Å²) in [6.07, 6.45) is 2.78. The maximum atomic E-state index is 11.8. The minimum Gasteiger partial charge on any atom is -0.388 e. The lowest BCUT2D eigenvalue weighted by atomic mass is 9.95. The van der Waals surface area contributed by atoms with Crippen LogP contribution in [0.1, 0.15) is 49.9 Å². The quantitative estimate of drug-likeness (QED) is 0.607. The predicted molar refractivity (Wildman–Crippen MR) is 83.1 cm³/mol. The van der Waals surface area contributed by atoms with Crippen molar-refractivity contribution < 1.29 is 9.90 Å². The molecule has 0 aliphatic heterocycles. The van der Waals surface area contributed by atoms with Crippen molar-refractivity contribution in [3.05, 3.63) is 29.8 Å². The zero-order chi connectivity index (χ0) is 15.0. The third kappa shape index (κ3) is 4.94. The summed E-state index contributed by atoms with van der Waals surface area (Å²) in [6.45, 7) is 4.90. The van der Waals surface area contributed by atoms with Gasteiger partial charge < -0.3 is 16.2 Å². The molecule has 0 spiro atoms. The van der Waals surface area contributed by atoms with Crippen molar-refractivity contribution in [2.45, 2.75) is 45.1 Å². The molecule has 112 valence electrons. The maximum absolute atomic E-state index is 11.8. The molecule has 4 N–H and O–H groups in total. The Hall–Kier alpha value is -1.39. The van der Waals surface area contributed by atoms with Gasteiger partial charge in [0.15, 0.2) is 5.78 Å². The van der Waals surface area contributed by atoms with Crippen LogP contribution in [0.2, 0.25) is 0 Å². The number of carbonyl (C=O) groups excluding carboxylic acids is 1. The van der Waals surface area contributed by atoms with Gasteiger partial charge in [0.25, 0.3) is 0 Å². The molecule has 0 heterocycles. The number of carbonyl (C=O) groups is 1. The van der Waals surface area contributed by atoms with Crippen LogP contribution in [-0.2, 0) is 0 Å². The molecule has 0 fully saturated rings. The number of Topliss-reactive ketones (excluding diaryl/α,β-unsaturated/α-hetero) is 1. The lowest BCUT2D eigenvalue weighted by Crippen LogP contribution is -2.36. The van der Waals surface area contributed by atoms with Crippen LogP contribution in [0, 0.1) is 0 Å². The van der Waals surface area contributed by atoms with Crippen LogP contribution < -0.4 is 11.1 Å². The largest absolute Gasteiger partial charge is 0.388 e. The van der Waals surface area contributed by atoms with E-state index in [1.54, 1.807) is 6.07 Å². The number of nitrogens with one attached hydrogen (secondary N) is 1. The molecule has 0 aliphatic carbocycles. The summed E-state index contributed by atoms with van der Waals surface area (Å²) >= 11 is 0. The van der Waals surface area contributed by atoms with Crippen molar-refractivity contribution in [1.29, 1.82) is 0 Å². The first kappa shape index (κ1) is 16.7. The summed E-state index contributed by atoms with van der Waals surface area (Å²) in [6, 6.07) is 7.36. The number of rotatable bonds is 9. The van der Waals surface area contributed by atoms with E-state index in [9.17, 15) is 9.90 Å². The average Bonchev–Trinajstić information content (AvgIpc) is 2.46. The monoisotopic (exact) mass is 278 g/mol. The van der Waals surface area contributed by atoms with Crippen LogP contribution in [0.25, 0.3) is 0 Å². The van der Waals surface area contributed by atoms with Crippen LogP contribution in [0.3, 0.4) is 0 Å². The molecule has 0 amide bonds. The fourth-order valence-corrected chi connectivity index (χ4v) is 2.20. The van der Waals surface area contributed by atoms with Crippen molar-refractivity contribution in [2.24, 2.45) is 5.73 Å². The molecule has 20 heavy (non-hydrogen) atoms. The molecule has 1 unspecified atom stereocenters. The molecule has 1 rings (SSSR count). The molecule has 0 radical (unpaired) electrons. The van der Waals surface area contributed by atoms with E-state index in [1.165, 1.54) is 0 Å². The molecular weight excluding hydrogens is 252 g/mol. The van der Waals surface area contributed by atoms with Gasteiger partial charge in [-0.3, -0.25) is 4.79 Å². The van der Waals surface area contributed by atoms with E-state index in [0.29, 0.717) is 31.5 Å². The number of aliphatic hydroxyl groups is 1. The first-order valence-corrected chi connectivity index (χ1v) is 7.34. The second kappa shape index (κ2) is 8.02. The number of hydrogen-bond acceptors (Lipinski definition) is 4. The van der Waals surface area contributed by atoms with E-state index < -0.39 is 5.60 Å². The molecule has 0 aliphatic rings. The third-order valence-electron chi connectivity index (χ3n) is 3.55. The number of benzene rings is 1. The van der Waals surface area contributed by atoms with E-state index >= 15 is 0 Å². The van der Waals surface area contributed by atoms with Crippen LogP contribution in [0.4, 0.5) is 5.69 Å². The zero-order valence-corrected chi connectivity index (χ0v) is 12.5. The molecule has 0 saturated carbocycles. The van der Waals surface area contributed by atoms with Crippen LogP contribution in [0.15, 0.2) is 24.3 Å². The van der Waals surface area contributed by atoms with E-state index in [4.69, 9.17) is 5.73 Å². The van der Waals surface area contributed by atoms with Gasteiger partial charge in [0.1, 0.15) is 0 Å². The topological polar surface area (TPSA) is 75.3 Å². The van der Waals surface area contributed by atoms with Crippen LogP contribution in [0.5, 0.6) is 0 Å². The van der Waals surface area contributed by atoms with Gasteiger partial charge in [-0.2, -0.15) is 0 Å². The van der Waals surface area contributed by atoms with Gasteiger partial charge in [-0.1, -0.05) is 32.4 Å². The van der Waals surface area contributed by atoms with Crippen molar-refractivity contribution >= 4 is 11.5 Å². The summed E-state index contributed by atoms with van der Waals surface area (Å²) in [5.74, 6) is 0.0514. The minimum atomic E-state index is -0.688. The van der Waals surface area contributed by atoms with Gasteiger partial charge in [-0.15, -0.1) is 0 Å². The summed E-state index contributed by atoms with van der Waals surface area (Å²) < 4.78 is 0. The van der Waals surface area contributed by atoms with Gasteiger partial charge >= 0.3 is 0 Å². The Morgan fingerprint density at radius 1 is 1.40 bits per heavy atom. The third-order valence-corrected chi connectivity index (χ3v) is 3.55. The molecule has 1 aromatic carbocycles. The molecule has 0 aromatic heterocycles. The minimum absolute atomic E-state index is 0.0514. The first-order chi connectivity index (χ1) is 9.54. The van der Waals surface area contributed by atoms with Gasteiger partial charge in [-0.05, 0) is 31.5 Å². The summed E-state index contributed by atoms with van der Waals surface area (Å²) in [4.78, 5) is 11.8. The van der Waals surface area contributed by atoms with Gasteiger partial charge in [0.2, 0.25) is 0 Å². The highest BCUT2D eigenvalue weighted by Gasteiger charge is 2.23. The molecular formula is C16H26N2O2. The fourth-order valence-electron chi connectivity index (χ4n) is 2.20. The predicted octanol–water partition coefficient (Wildman–Crippen LogP) is 2.57. The Kier molecular flexibility index (Phi) is 6.68. The highest BCUT2D eigenvalue weighted by Crippen LogP contribution is 2.19. The standard InChI is InChI=1S/C16H26N2O2/c1-3-9-16(20,4-2)12-18-14-7-5-6-13(11-14)15(19)8-10-17/h5-7,11,18,20H,3-4,8-10,12,17H2,1-2H3. The lowest BCUT2D eigenvalue weighted by Gasteiger charge is -2.27. The molecule has 0 saturated heterocycles. The number of anilines is 1. The smallest absolute Gasteiger partial charge is 0.164 e. The van der Waals surface area contributed by atoms with Gasteiger partial charge in [0, 0.05) is 24.2 Å². The lowest BCUT2D eigenvalue weighted by molar-refractivity contribution is 0.0400. The first-order valence-electron chi connectivity index (χ1n) is 7.34. The van der Waals surface area contributed by atoms with Crippen molar-refractivity contribution in [3.8, 4) is 0 Å².